The number of halogens is 1. The molecule has 1 saturated heterocycles. The fourth-order valence-corrected chi connectivity index (χ4v) is 5.29. The van der Waals surface area contributed by atoms with Gasteiger partial charge in [-0.2, -0.15) is 20.0 Å². The Bertz CT molecular complexity index is 1560. The maximum absolute atomic E-state index is 11.8. The quantitative estimate of drug-likeness (QED) is 0.377. The number of sulfonamides is 1. The van der Waals surface area contributed by atoms with Gasteiger partial charge in [0.05, 0.1) is 52.6 Å². The van der Waals surface area contributed by atoms with Crippen LogP contribution in [0.2, 0.25) is 5.02 Å². The van der Waals surface area contributed by atoms with Gasteiger partial charge in [0.2, 0.25) is 16.0 Å². The summed E-state index contributed by atoms with van der Waals surface area (Å²) in [5.41, 5.74) is 1.90. The van der Waals surface area contributed by atoms with Crippen molar-refractivity contribution in [3.63, 3.8) is 0 Å². The van der Waals surface area contributed by atoms with Gasteiger partial charge in [0.1, 0.15) is 6.07 Å². The highest BCUT2D eigenvalue weighted by molar-refractivity contribution is 7.88. The molecule has 37 heavy (non-hydrogen) atoms. The van der Waals surface area contributed by atoms with Crippen molar-refractivity contribution in [2.24, 2.45) is 0 Å². The molecular formula is C22H23ClN10O3S. The maximum atomic E-state index is 11.8. The van der Waals surface area contributed by atoms with Crippen LogP contribution in [0.1, 0.15) is 24.1 Å². The number of benzene rings is 1. The van der Waals surface area contributed by atoms with Crippen molar-refractivity contribution in [3.05, 3.63) is 34.6 Å². The minimum Gasteiger partial charge on any atom is -0.378 e. The van der Waals surface area contributed by atoms with Crippen LogP contribution in [0.3, 0.4) is 0 Å². The summed E-state index contributed by atoms with van der Waals surface area (Å²) >= 11 is 6.79. The highest BCUT2D eigenvalue weighted by Gasteiger charge is 2.36. The molecule has 15 heteroatoms. The summed E-state index contributed by atoms with van der Waals surface area (Å²) in [4.78, 5) is 10.7. The van der Waals surface area contributed by atoms with Crippen molar-refractivity contribution in [2.45, 2.75) is 31.0 Å². The summed E-state index contributed by atoms with van der Waals surface area (Å²) in [6, 6.07) is 7.18. The number of ether oxygens (including phenoxy) is 1. The lowest BCUT2D eigenvalue weighted by Crippen LogP contribution is -2.43. The number of nitrogens with zero attached hydrogens (tertiary/aromatic N) is 7. The largest absolute Gasteiger partial charge is 0.378 e. The normalized spacial score (nSPS) is 19.5. The standard InChI is InChI=1S/C22H23ClN10O3S/c1-36-18-11-32(10-16(18)31-37(2,34)35)17-6-12(7-24)5-15(19(17)23)28-22-29-20(27-13-3-4-13)21-26-9-14(8-25)33(21)30-22/h5-6,9,13,16,18,31H,3-4,10-11H2,1-2H3,(H2,27,28,29,30)/t16-,18-/m0/s1. The fraction of sp³-hybridized carbons (Fsp3) is 0.409. The minimum absolute atomic E-state index is 0.154. The maximum Gasteiger partial charge on any atom is 0.247 e. The molecule has 13 nitrogen and oxygen atoms in total. The molecule has 5 rings (SSSR count). The minimum atomic E-state index is -3.46. The van der Waals surface area contributed by atoms with Crippen molar-refractivity contribution in [3.8, 4) is 12.1 Å². The van der Waals surface area contributed by atoms with Gasteiger partial charge in [0, 0.05) is 26.2 Å². The van der Waals surface area contributed by atoms with E-state index in [1.807, 2.05) is 4.90 Å². The second-order valence-corrected chi connectivity index (χ2v) is 11.1. The molecule has 0 amide bonds. The Morgan fingerprint density at radius 2 is 2.00 bits per heavy atom. The van der Waals surface area contributed by atoms with Crippen LogP contribution in [-0.4, -0.2) is 72.6 Å². The van der Waals surface area contributed by atoms with E-state index in [4.69, 9.17) is 16.3 Å². The van der Waals surface area contributed by atoms with E-state index in [2.05, 4.69) is 42.6 Å². The molecule has 2 aromatic heterocycles. The Labute approximate surface area is 218 Å². The third-order valence-corrected chi connectivity index (χ3v) is 7.23. The van der Waals surface area contributed by atoms with E-state index in [-0.39, 0.29) is 24.2 Å². The molecule has 3 heterocycles. The number of methoxy groups -OCH3 is 1. The molecule has 192 valence electrons. The molecular weight excluding hydrogens is 520 g/mol. The number of hydrogen-bond donors (Lipinski definition) is 3. The molecule has 1 saturated carbocycles. The number of hydrogen-bond acceptors (Lipinski definition) is 11. The molecule has 0 bridgehead atoms. The summed E-state index contributed by atoms with van der Waals surface area (Å²) in [6.07, 6.45) is 4.12. The van der Waals surface area contributed by atoms with Gasteiger partial charge in [-0.25, -0.2) is 18.1 Å². The smallest absolute Gasteiger partial charge is 0.247 e. The topological polar surface area (TPSA) is 173 Å². The first-order valence-electron chi connectivity index (χ1n) is 11.4. The number of rotatable bonds is 8. The lowest BCUT2D eigenvalue weighted by molar-refractivity contribution is 0.104. The van der Waals surface area contributed by atoms with Gasteiger partial charge in [-0.3, -0.25) is 0 Å². The van der Waals surface area contributed by atoms with Crippen molar-refractivity contribution < 1.29 is 13.2 Å². The van der Waals surface area contributed by atoms with E-state index in [0.717, 1.165) is 19.1 Å². The third kappa shape index (κ3) is 5.23. The Hall–Kier alpha value is -3.69. The first-order chi connectivity index (χ1) is 17.7. The molecule has 3 aromatic rings. The van der Waals surface area contributed by atoms with Crippen molar-refractivity contribution in [2.75, 3.05) is 42.0 Å². The number of imidazole rings is 1. The first-order valence-corrected chi connectivity index (χ1v) is 13.6. The monoisotopic (exact) mass is 542 g/mol. The van der Waals surface area contributed by atoms with Gasteiger partial charge in [-0.1, -0.05) is 11.6 Å². The molecule has 2 fully saturated rings. The van der Waals surface area contributed by atoms with Crippen LogP contribution in [0.25, 0.3) is 5.65 Å². The van der Waals surface area contributed by atoms with Crippen LogP contribution < -0.4 is 20.3 Å². The molecule has 0 radical (unpaired) electrons. The predicted octanol–water partition coefficient (Wildman–Crippen LogP) is 1.59. The lowest BCUT2D eigenvalue weighted by atomic mass is 10.1. The Morgan fingerprint density at radius 1 is 1.22 bits per heavy atom. The Morgan fingerprint density at radius 3 is 2.65 bits per heavy atom. The predicted molar refractivity (Wildman–Crippen MR) is 136 cm³/mol. The van der Waals surface area contributed by atoms with Crippen molar-refractivity contribution >= 4 is 50.4 Å². The van der Waals surface area contributed by atoms with E-state index in [1.54, 1.807) is 12.1 Å². The number of nitriles is 2. The van der Waals surface area contributed by atoms with E-state index in [9.17, 15) is 18.9 Å². The van der Waals surface area contributed by atoms with Gasteiger partial charge in [0.15, 0.2) is 17.2 Å². The third-order valence-electron chi connectivity index (χ3n) is 6.10. The highest BCUT2D eigenvalue weighted by atomic mass is 35.5. The Kier molecular flexibility index (Phi) is 6.51. The van der Waals surface area contributed by atoms with Crippen molar-refractivity contribution in [1.82, 2.24) is 24.3 Å². The zero-order valence-corrected chi connectivity index (χ0v) is 21.5. The highest BCUT2D eigenvalue weighted by Crippen LogP contribution is 2.38. The summed E-state index contributed by atoms with van der Waals surface area (Å²) in [7, 11) is -1.95. The van der Waals surface area contributed by atoms with Crippen LogP contribution in [0.4, 0.5) is 23.1 Å². The van der Waals surface area contributed by atoms with E-state index >= 15 is 0 Å². The second kappa shape index (κ2) is 9.64. The number of fused-ring (bicyclic) bond motifs is 1. The van der Waals surface area contributed by atoms with Crippen molar-refractivity contribution in [1.29, 1.82) is 10.5 Å². The summed E-state index contributed by atoms with van der Waals surface area (Å²) in [5.74, 6) is 0.632. The average molecular weight is 543 g/mol. The van der Waals surface area contributed by atoms with E-state index in [1.165, 1.54) is 17.8 Å². The van der Waals surface area contributed by atoms with Crippen LogP contribution in [0.15, 0.2) is 18.3 Å². The molecule has 3 N–H and O–H groups in total. The van der Waals surface area contributed by atoms with E-state index in [0.29, 0.717) is 40.0 Å². The average Bonchev–Trinajstić information content (AvgIpc) is 3.43. The first kappa shape index (κ1) is 25.0. The van der Waals surface area contributed by atoms with Gasteiger partial charge in [0.25, 0.3) is 0 Å². The molecule has 1 aliphatic heterocycles. The van der Waals surface area contributed by atoms with Crippen LogP contribution in [0.5, 0.6) is 0 Å². The van der Waals surface area contributed by atoms with Gasteiger partial charge < -0.3 is 20.3 Å². The zero-order chi connectivity index (χ0) is 26.3. The molecule has 0 spiro atoms. The zero-order valence-electron chi connectivity index (χ0n) is 19.9. The molecule has 1 aliphatic carbocycles. The molecule has 2 atom stereocenters. The number of aromatic nitrogens is 4. The van der Waals surface area contributed by atoms with Gasteiger partial charge in [-0.15, -0.1) is 5.10 Å². The summed E-state index contributed by atoms with van der Waals surface area (Å²) < 4.78 is 33.1. The van der Waals surface area contributed by atoms with Crippen LogP contribution in [0, 0.1) is 22.7 Å². The van der Waals surface area contributed by atoms with Crippen LogP contribution >= 0.6 is 11.6 Å². The Balaban J connectivity index is 1.51. The van der Waals surface area contributed by atoms with Gasteiger partial charge in [-0.05, 0) is 25.0 Å². The summed E-state index contributed by atoms with van der Waals surface area (Å²) in [6.45, 7) is 0.647. The van der Waals surface area contributed by atoms with Gasteiger partial charge >= 0.3 is 0 Å². The number of anilines is 4. The van der Waals surface area contributed by atoms with E-state index < -0.39 is 22.2 Å². The van der Waals surface area contributed by atoms with Crippen LogP contribution in [-0.2, 0) is 14.8 Å². The fourth-order valence-electron chi connectivity index (χ4n) is 4.24. The SMILES string of the molecule is CO[C@H]1CN(c2cc(C#N)cc(Nc3nc(NC4CC4)c4ncc(C#N)n4n3)c2Cl)C[C@@H]1NS(C)(=O)=O. The second-order valence-electron chi connectivity index (χ2n) is 8.96. The summed E-state index contributed by atoms with van der Waals surface area (Å²) in [5, 5.41) is 30.2. The lowest BCUT2D eigenvalue weighted by Gasteiger charge is -2.22. The molecule has 1 aromatic carbocycles. The molecule has 0 unspecified atom stereocenters. The molecule has 2 aliphatic rings. The number of nitrogens with one attached hydrogen (secondary N) is 3.